The molecule has 2 amide bonds. The number of para-hydroxylation sites is 1. The van der Waals surface area contributed by atoms with Crippen LogP contribution in [0.5, 0.6) is 0 Å². The lowest BCUT2D eigenvalue weighted by Crippen LogP contribution is -2.37. The molecular formula is C24H25N3O. The Morgan fingerprint density at radius 3 is 2.39 bits per heavy atom. The van der Waals surface area contributed by atoms with Gasteiger partial charge in [-0.3, -0.25) is 4.90 Å². The molecule has 1 unspecified atom stereocenters. The first-order valence-corrected chi connectivity index (χ1v) is 9.65. The van der Waals surface area contributed by atoms with Crippen molar-refractivity contribution in [3.63, 3.8) is 0 Å². The maximum absolute atomic E-state index is 12.2. The van der Waals surface area contributed by atoms with Gasteiger partial charge in [-0.2, -0.15) is 0 Å². The molecule has 0 spiro atoms. The first-order chi connectivity index (χ1) is 13.6. The molecule has 0 saturated heterocycles. The number of nitrogens with zero attached hydrogens (tertiary/aromatic N) is 2. The molecule has 142 valence electrons. The van der Waals surface area contributed by atoms with Crippen molar-refractivity contribution in [3.05, 3.63) is 78.4 Å². The van der Waals surface area contributed by atoms with Crippen LogP contribution < -0.4 is 10.6 Å². The van der Waals surface area contributed by atoms with Gasteiger partial charge in [0.1, 0.15) is 0 Å². The Hall–Kier alpha value is -3.27. The summed E-state index contributed by atoms with van der Waals surface area (Å²) >= 11 is 0. The number of aromatic nitrogens is 1. The van der Waals surface area contributed by atoms with E-state index in [0.29, 0.717) is 12.5 Å². The van der Waals surface area contributed by atoms with Crippen LogP contribution in [0.3, 0.4) is 0 Å². The van der Waals surface area contributed by atoms with Gasteiger partial charge in [0.2, 0.25) is 0 Å². The highest BCUT2D eigenvalue weighted by molar-refractivity contribution is 6.09. The lowest BCUT2D eigenvalue weighted by atomic mass is 9.97. The number of amides is 2. The Balaban J connectivity index is 1.65. The molecule has 0 aliphatic carbocycles. The van der Waals surface area contributed by atoms with E-state index in [0.717, 1.165) is 23.0 Å². The second-order valence-electron chi connectivity index (χ2n) is 7.37. The summed E-state index contributed by atoms with van der Waals surface area (Å²) < 4.78 is 2.18. The van der Waals surface area contributed by atoms with Crippen LogP contribution in [0.1, 0.15) is 24.8 Å². The van der Waals surface area contributed by atoms with Gasteiger partial charge in [0, 0.05) is 41.1 Å². The first kappa shape index (κ1) is 18.1. The molecule has 0 aliphatic heterocycles. The van der Waals surface area contributed by atoms with Crippen molar-refractivity contribution >= 4 is 33.5 Å². The summed E-state index contributed by atoms with van der Waals surface area (Å²) in [6.45, 7) is 2.77. The van der Waals surface area contributed by atoms with E-state index in [-0.39, 0.29) is 0 Å². The molecule has 3 aromatic carbocycles. The van der Waals surface area contributed by atoms with E-state index in [2.05, 4.69) is 54.9 Å². The smallest absolute Gasteiger partial charge is 0.319 e. The van der Waals surface area contributed by atoms with Crippen molar-refractivity contribution in [1.82, 2.24) is 4.57 Å². The Morgan fingerprint density at radius 1 is 0.964 bits per heavy atom. The molecule has 2 N–H and O–H groups in total. The molecule has 28 heavy (non-hydrogen) atoms. The van der Waals surface area contributed by atoms with E-state index in [9.17, 15) is 4.79 Å². The fraction of sp³-hybridized carbons (Fsp3) is 0.208. The summed E-state index contributed by atoms with van der Waals surface area (Å²) in [5.74, 6) is 0.351. The molecule has 1 atom stereocenters. The molecule has 0 radical (unpaired) electrons. The van der Waals surface area contributed by atoms with Crippen molar-refractivity contribution in [2.75, 3.05) is 11.4 Å². The molecule has 4 aromatic rings. The number of urea groups is 1. The van der Waals surface area contributed by atoms with E-state index >= 15 is 0 Å². The van der Waals surface area contributed by atoms with Crippen molar-refractivity contribution < 1.29 is 4.79 Å². The van der Waals surface area contributed by atoms with Gasteiger partial charge in [0.15, 0.2) is 0 Å². The summed E-state index contributed by atoms with van der Waals surface area (Å²) in [4.78, 5) is 13.9. The molecule has 4 nitrogen and oxygen atoms in total. The molecule has 1 heterocycles. The third-order valence-corrected chi connectivity index (χ3v) is 5.63. The molecule has 0 saturated carbocycles. The fourth-order valence-corrected chi connectivity index (χ4v) is 3.96. The minimum Gasteiger partial charge on any atom is -0.351 e. The Kier molecular flexibility index (Phi) is 4.78. The van der Waals surface area contributed by atoms with Gasteiger partial charge in [-0.15, -0.1) is 0 Å². The highest BCUT2D eigenvalue weighted by Gasteiger charge is 2.17. The van der Waals surface area contributed by atoms with Gasteiger partial charge in [-0.1, -0.05) is 55.5 Å². The second kappa shape index (κ2) is 7.39. The zero-order valence-electron chi connectivity index (χ0n) is 16.3. The predicted molar refractivity (Wildman–Crippen MR) is 117 cm³/mol. The van der Waals surface area contributed by atoms with Gasteiger partial charge < -0.3 is 10.3 Å². The molecule has 0 fully saturated rings. The number of carbonyl (C=O) groups is 1. The van der Waals surface area contributed by atoms with Crippen molar-refractivity contribution in [2.45, 2.75) is 19.3 Å². The maximum Gasteiger partial charge on any atom is 0.319 e. The minimum absolute atomic E-state index is 0.351. The Bertz CT molecular complexity index is 1130. The average molecular weight is 371 g/mol. The van der Waals surface area contributed by atoms with Gasteiger partial charge in [0.25, 0.3) is 0 Å². The van der Waals surface area contributed by atoms with Crippen LogP contribution in [0.25, 0.3) is 21.8 Å². The van der Waals surface area contributed by atoms with Gasteiger partial charge in [-0.05, 0) is 42.2 Å². The van der Waals surface area contributed by atoms with E-state index in [1.54, 1.807) is 4.90 Å². The number of rotatable bonds is 5. The lowest BCUT2D eigenvalue weighted by molar-refractivity contribution is 0.253. The fourth-order valence-electron chi connectivity index (χ4n) is 3.96. The number of fused-ring (bicyclic) bond motifs is 3. The number of anilines is 1. The second-order valence-corrected chi connectivity index (χ2v) is 7.37. The highest BCUT2D eigenvalue weighted by atomic mass is 16.2. The summed E-state index contributed by atoms with van der Waals surface area (Å²) in [7, 11) is 2.07. The van der Waals surface area contributed by atoms with Crippen LogP contribution in [0.15, 0.2) is 72.8 Å². The molecule has 4 rings (SSSR count). The SMILES string of the molecule is CC(CCN(C(N)=O)c1ccc2c(c1)c1ccccc1n2C)c1ccccc1. The van der Waals surface area contributed by atoms with Crippen LogP contribution >= 0.6 is 0 Å². The van der Waals surface area contributed by atoms with Gasteiger partial charge in [-0.25, -0.2) is 4.79 Å². The van der Waals surface area contributed by atoms with E-state index < -0.39 is 6.03 Å². The number of hydrogen-bond acceptors (Lipinski definition) is 1. The summed E-state index contributed by atoms with van der Waals surface area (Å²) in [6, 6.07) is 24.4. The number of aryl methyl sites for hydroxylation is 1. The average Bonchev–Trinajstić information content (AvgIpc) is 3.01. The van der Waals surface area contributed by atoms with E-state index in [1.165, 1.54) is 16.5 Å². The third kappa shape index (κ3) is 3.22. The van der Waals surface area contributed by atoms with Crippen molar-refractivity contribution in [3.8, 4) is 0 Å². The summed E-state index contributed by atoms with van der Waals surface area (Å²) in [5, 5.41) is 2.32. The minimum atomic E-state index is -0.417. The summed E-state index contributed by atoms with van der Waals surface area (Å²) in [5.41, 5.74) is 10.2. The zero-order chi connectivity index (χ0) is 19.7. The lowest BCUT2D eigenvalue weighted by Gasteiger charge is -2.23. The molecule has 1 aromatic heterocycles. The number of benzene rings is 3. The quantitative estimate of drug-likeness (QED) is 0.501. The molecule has 4 heteroatoms. The Morgan fingerprint density at radius 2 is 1.64 bits per heavy atom. The van der Waals surface area contributed by atoms with E-state index in [1.807, 2.05) is 36.4 Å². The van der Waals surface area contributed by atoms with Gasteiger partial charge >= 0.3 is 6.03 Å². The molecule has 0 bridgehead atoms. The first-order valence-electron chi connectivity index (χ1n) is 9.65. The monoisotopic (exact) mass is 371 g/mol. The standard InChI is InChI=1S/C24H25N3O/c1-17(18-8-4-3-5-9-18)14-15-27(24(25)28)19-12-13-23-21(16-19)20-10-6-7-11-22(20)26(23)2/h3-13,16-17H,14-15H2,1-2H3,(H2,25,28). The number of carbonyl (C=O) groups excluding carboxylic acids is 1. The number of nitrogens with two attached hydrogens (primary N) is 1. The molecular weight excluding hydrogens is 346 g/mol. The third-order valence-electron chi connectivity index (χ3n) is 5.63. The maximum atomic E-state index is 12.2. The topological polar surface area (TPSA) is 51.3 Å². The predicted octanol–water partition coefficient (Wildman–Crippen LogP) is 5.41. The van der Waals surface area contributed by atoms with Crippen LogP contribution in [-0.4, -0.2) is 17.1 Å². The zero-order valence-corrected chi connectivity index (χ0v) is 16.3. The van der Waals surface area contributed by atoms with Crippen LogP contribution in [-0.2, 0) is 7.05 Å². The van der Waals surface area contributed by atoms with Crippen LogP contribution in [0, 0.1) is 0 Å². The normalized spacial score (nSPS) is 12.4. The van der Waals surface area contributed by atoms with Crippen LogP contribution in [0.4, 0.5) is 10.5 Å². The number of hydrogen-bond donors (Lipinski definition) is 1. The van der Waals surface area contributed by atoms with Gasteiger partial charge in [0.05, 0.1) is 0 Å². The molecule has 0 aliphatic rings. The number of primary amides is 1. The van der Waals surface area contributed by atoms with Crippen molar-refractivity contribution in [2.24, 2.45) is 12.8 Å². The van der Waals surface area contributed by atoms with Crippen molar-refractivity contribution in [1.29, 1.82) is 0 Å². The van der Waals surface area contributed by atoms with Crippen LogP contribution in [0.2, 0.25) is 0 Å². The highest BCUT2D eigenvalue weighted by Crippen LogP contribution is 2.31. The largest absolute Gasteiger partial charge is 0.351 e. The van der Waals surface area contributed by atoms with E-state index in [4.69, 9.17) is 5.73 Å². The summed E-state index contributed by atoms with van der Waals surface area (Å²) in [6.07, 6.45) is 0.848. The Labute approximate surface area is 165 Å².